The van der Waals surface area contributed by atoms with Crippen molar-refractivity contribution >= 4 is 28.3 Å². The average Bonchev–Trinajstić information content (AvgIpc) is 3.46. The second-order valence-electron chi connectivity index (χ2n) is 12.6. The Morgan fingerprint density at radius 3 is 2.50 bits per heavy atom. The van der Waals surface area contributed by atoms with Gasteiger partial charge in [-0.1, -0.05) is 48.4 Å². The van der Waals surface area contributed by atoms with Crippen LogP contribution in [-0.2, 0) is 22.5 Å². The molecule has 2 aromatic carbocycles. The van der Waals surface area contributed by atoms with E-state index in [2.05, 4.69) is 45.7 Å². The zero-order valence-corrected chi connectivity index (χ0v) is 25.2. The second-order valence-corrected chi connectivity index (χ2v) is 14.6. The molecular formula is C33H36N6O2S. The molecule has 1 N–H and O–H groups in total. The summed E-state index contributed by atoms with van der Waals surface area (Å²) < 4.78 is 24.1. The van der Waals surface area contributed by atoms with Gasteiger partial charge in [0.05, 0.1) is 18.8 Å². The molecule has 3 atom stereocenters. The molecule has 216 valence electrons. The number of ether oxygens (including phenoxy) is 1. The number of anilines is 1. The summed E-state index contributed by atoms with van der Waals surface area (Å²) >= 11 is -1.16. The lowest BCUT2D eigenvalue weighted by atomic mass is 9.73. The first kappa shape index (κ1) is 27.4. The van der Waals surface area contributed by atoms with E-state index in [1.165, 1.54) is 11.1 Å². The smallest absolute Gasteiger partial charge is 0.182 e. The molecule has 2 saturated heterocycles. The minimum atomic E-state index is -1.16. The Balaban J connectivity index is 1.16. The van der Waals surface area contributed by atoms with Gasteiger partial charge in [-0.15, -0.1) is 4.72 Å². The van der Waals surface area contributed by atoms with Gasteiger partial charge < -0.3 is 14.2 Å². The van der Waals surface area contributed by atoms with Gasteiger partial charge in [0.1, 0.15) is 16.1 Å². The minimum Gasteiger partial charge on any atom is -0.598 e. The molecule has 7 rings (SSSR count). The predicted octanol–water partition coefficient (Wildman–Crippen LogP) is 5.08. The van der Waals surface area contributed by atoms with Gasteiger partial charge in [0, 0.05) is 41.9 Å². The van der Waals surface area contributed by atoms with E-state index in [-0.39, 0.29) is 22.4 Å². The molecule has 1 aliphatic carbocycles. The number of nitrogens with one attached hydrogen (secondary N) is 1. The standard InChI is InChI=1S/C33H36N6O2S/c1-32(2,3)42(40)37-30-25-12-8-7-11-24(25)21-33(30)16-18-38(19-17-33)27-22-34-29-26(14-13-23-9-5-4-6-10-23)36-39(31(29)35-27)28-15-20-41-28/h4-12,22,28,30,37H,15-21H2,1-3H3/t28?,30-,42?/m1/s1. The first-order chi connectivity index (χ1) is 20.3. The number of piperidine rings is 1. The highest BCUT2D eigenvalue weighted by Crippen LogP contribution is 2.52. The molecule has 3 aliphatic rings. The van der Waals surface area contributed by atoms with E-state index in [1.54, 1.807) is 0 Å². The summed E-state index contributed by atoms with van der Waals surface area (Å²) in [5.41, 5.74) is 5.63. The largest absolute Gasteiger partial charge is 0.598 e. The Hall–Kier alpha value is -3.42. The quantitative estimate of drug-likeness (QED) is 0.266. The van der Waals surface area contributed by atoms with Crippen LogP contribution in [-0.4, -0.2) is 48.7 Å². The average molecular weight is 581 g/mol. The zero-order valence-electron chi connectivity index (χ0n) is 24.3. The van der Waals surface area contributed by atoms with Crippen molar-refractivity contribution < 1.29 is 9.29 Å². The number of hydrogen-bond donors (Lipinski definition) is 1. The van der Waals surface area contributed by atoms with Crippen LogP contribution < -0.4 is 9.62 Å². The lowest BCUT2D eigenvalue weighted by molar-refractivity contribution is -0.104. The van der Waals surface area contributed by atoms with Crippen LogP contribution in [0.25, 0.3) is 11.2 Å². The third-order valence-corrected chi connectivity index (χ3v) is 10.4. The van der Waals surface area contributed by atoms with Crippen LogP contribution in [0.2, 0.25) is 0 Å². The van der Waals surface area contributed by atoms with Crippen molar-refractivity contribution in [1.29, 1.82) is 0 Å². The summed E-state index contributed by atoms with van der Waals surface area (Å²) in [6.45, 7) is 8.50. The monoisotopic (exact) mass is 580 g/mol. The predicted molar refractivity (Wildman–Crippen MR) is 165 cm³/mol. The molecule has 8 nitrogen and oxygen atoms in total. The van der Waals surface area contributed by atoms with Gasteiger partial charge in [-0.25, -0.2) is 14.6 Å². The van der Waals surface area contributed by atoms with Gasteiger partial charge in [-0.3, -0.25) is 0 Å². The molecule has 2 fully saturated rings. The molecule has 0 amide bonds. The van der Waals surface area contributed by atoms with E-state index in [9.17, 15) is 4.55 Å². The van der Waals surface area contributed by atoms with E-state index in [1.807, 2.05) is 62.0 Å². The second kappa shape index (κ2) is 10.7. The van der Waals surface area contributed by atoms with Crippen molar-refractivity contribution in [1.82, 2.24) is 24.5 Å². The third kappa shape index (κ3) is 4.96. The normalized spacial score (nSPS) is 22.0. The molecule has 0 bridgehead atoms. The first-order valence-electron chi connectivity index (χ1n) is 14.8. The molecule has 4 heterocycles. The van der Waals surface area contributed by atoms with Crippen LogP contribution in [0, 0.1) is 17.3 Å². The maximum atomic E-state index is 13.3. The molecule has 4 aromatic rings. The van der Waals surface area contributed by atoms with Gasteiger partial charge in [-0.2, -0.15) is 5.10 Å². The maximum Gasteiger partial charge on any atom is 0.182 e. The summed E-state index contributed by atoms with van der Waals surface area (Å²) in [5, 5.41) is 4.79. The fourth-order valence-electron chi connectivity index (χ4n) is 6.31. The van der Waals surface area contributed by atoms with Gasteiger partial charge in [0.15, 0.2) is 17.6 Å². The fraction of sp³-hybridized carbons (Fsp3) is 0.424. The number of aromatic nitrogens is 4. The highest BCUT2D eigenvalue weighted by atomic mass is 32.2. The molecule has 1 spiro atoms. The molecule has 2 unspecified atom stereocenters. The van der Waals surface area contributed by atoms with Crippen LogP contribution in [0.4, 0.5) is 5.82 Å². The number of nitrogens with zero attached hydrogens (tertiary/aromatic N) is 5. The first-order valence-corrected chi connectivity index (χ1v) is 15.9. The Bertz CT molecular complexity index is 1660. The number of hydrogen-bond acceptors (Lipinski definition) is 7. The Morgan fingerprint density at radius 1 is 1.05 bits per heavy atom. The fourth-order valence-corrected chi connectivity index (χ4v) is 7.26. The SMILES string of the molecule is CC(C)(C)[S+]([O-])N[C@@H]1c2ccccc2CC12CCN(c1cnc3c(C#Cc4ccccc4)nn(C4CCO4)c3n1)CC2. The summed E-state index contributed by atoms with van der Waals surface area (Å²) in [7, 11) is 0. The third-order valence-electron chi connectivity index (χ3n) is 8.82. The minimum absolute atomic E-state index is 0.0143. The van der Waals surface area contributed by atoms with Crippen LogP contribution in [0.1, 0.15) is 74.7 Å². The Kier molecular flexibility index (Phi) is 6.98. The molecule has 0 radical (unpaired) electrons. The number of rotatable bonds is 4. The number of fused-ring (bicyclic) bond motifs is 2. The maximum absolute atomic E-state index is 13.3. The number of benzene rings is 2. The lowest BCUT2D eigenvalue weighted by Gasteiger charge is -2.44. The lowest BCUT2D eigenvalue weighted by Crippen LogP contribution is -2.49. The van der Waals surface area contributed by atoms with Crippen molar-refractivity contribution in [3.8, 4) is 11.8 Å². The van der Waals surface area contributed by atoms with E-state index < -0.39 is 11.4 Å². The molecule has 0 saturated carbocycles. The summed E-state index contributed by atoms with van der Waals surface area (Å²) in [4.78, 5) is 12.2. The topological polar surface area (TPSA) is 91.2 Å². The molecule has 42 heavy (non-hydrogen) atoms. The molecule has 9 heteroatoms. The van der Waals surface area contributed by atoms with E-state index in [4.69, 9.17) is 19.8 Å². The van der Waals surface area contributed by atoms with E-state index in [0.29, 0.717) is 16.9 Å². The summed E-state index contributed by atoms with van der Waals surface area (Å²) in [5.74, 6) is 7.27. The summed E-state index contributed by atoms with van der Waals surface area (Å²) in [6, 6.07) is 18.6. The molecular weight excluding hydrogens is 544 g/mol. The van der Waals surface area contributed by atoms with Crippen molar-refractivity contribution in [2.45, 2.75) is 63.5 Å². The van der Waals surface area contributed by atoms with Gasteiger partial charge >= 0.3 is 0 Å². The van der Waals surface area contributed by atoms with Crippen molar-refractivity contribution in [3.63, 3.8) is 0 Å². The molecule has 2 aromatic heterocycles. The van der Waals surface area contributed by atoms with Crippen molar-refractivity contribution in [2.75, 3.05) is 24.6 Å². The zero-order chi connectivity index (χ0) is 28.9. The van der Waals surface area contributed by atoms with Gasteiger partial charge in [0.2, 0.25) is 0 Å². The van der Waals surface area contributed by atoms with Crippen LogP contribution in [0.3, 0.4) is 0 Å². The van der Waals surface area contributed by atoms with E-state index in [0.717, 1.165) is 56.8 Å². The van der Waals surface area contributed by atoms with Crippen molar-refractivity contribution in [2.24, 2.45) is 5.41 Å². The van der Waals surface area contributed by atoms with Crippen molar-refractivity contribution in [3.05, 3.63) is 83.2 Å². The van der Waals surface area contributed by atoms with Crippen LogP contribution in [0.15, 0.2) is 60.8 Å². The van der Waals surface area contributed by atoms with Gasteiger partial charge in [-0.05, 0) is 69.2 Å². The summed E-state index contributed by atoms with van der Waals surface area (Å²) in [6.07, 6.45) is 5.55. The van der Waals surface area contributed by atoms with E-state index >= 15 is 0 Å². The Labute approximate surface area is 250 Å². The van der Waals surface area contributed by atoms with Crippen LogP contribution in [0.5, 0.6) is 0 Å². The highest BCUT2D eigenvalue weighted by Gasteiger charge is 2.50. The highest BCUT2D eigenvalue weighted by molar-refractivity contribution is 7.90. The van der Waals surface area contributed by atoms with Crippen LogP contribution >= 0.6 is 0 Å². The van der Waals surface area contributed by atoms with Gasteiger partial charge in [0.25, 0.3) is 0 Å². The Morgan fingerprint density at radius 2 is 1.79 bits per heavy atom. The molecule has 2 aliphatic heterocycles.